The molecule has 0 aromatic heterocycles. The van der Waals surface area contributed by atoms with Gasteiger partial charge in [-0.25, -0.2) is 0 Å². The predicted octanol–water partition coefficient (Wildman–Crippen LogP) is 0.916. The Bertz CT molecular complexity index is 138. The lowest BCUT2D eigenvalue weighted by Gasteiger charge is -2.40. The van der Waals surface area contributed by atoms with E-state index < -0.39 is 0 Å². The van der Waals surface area contributed by atoms with E-state index in [2.05, 4.69) is 19.2 Å². The first-order valence-electron chi connectivity index (χ1n) is 5.20. The van der Waals surface area contributed by atoms with Crippen molar-refractivity contribution in [2.45, 2.75) is 44.8 Å². The van der Waals surface area contributed by atoms with Gasteiger partial charge < -0.3 is 15.2 Å². The Hall–Kier alpha value is -0.120. The van der Waals surface area contributed by atoms with Gasteiger partial charge in [0.05, 0.1) is 6.10 Å². The molecule has 0 saturated carbocycles. The lowest BCUT2D eigenvalue weighted by Crippen LogP contribution is -2.51. The Labute approximate surface area is 80.5 Å². The number of hydrogen-bond acceptors (Lipinski definition) is 3. The van der Waals surface area contributed by atoms with Gasteiger partial charge in [-0.05, 0) is 32.7 Å². The lowest BCUT2D eigenvalue weighted by molar-refractivity contribution is -0.0249. The van der Waals surface area contributed by atoms with Crippen molar-refractivity contribution in [2.75, 3.05) is 19.8 Å². The third-order valence-electron chi connectivity index (χ3n) is 2.80. The third kappa shape index (κ3) is 2.93. The van der Waals surface area contributed by atoms with Crippen LogP contribution < -0.4 is 5.32 Å². The van der Waals surface area contributed by atoms with Crippen LogP contribution in [0.25, 0.3) is 0 Å². The van der Waals surface area contributed by atoms with Gasteiger partial charge in [-0.3, -0.25) is 0 Å². The fourth-order valence-corrected chi connectivity index (χ4v) is 2.23. The summed E-state index contributed by atoms with van der Waals surface area (Å²) >= 11 is 0. The molecule has 2 unspecified atom stereocenters. The van der Waals surface area contributed by atoms with Gasteiger partial charge in [-0.1, -0.05) is 6.92 Å². The van der Waals surface area contributed by atoms with E-state index in [0.29, 0.717) is 6.10 Å². The SMILES string of the molecule is CCNC1(CCO)CCOC(C)C1. The molecule has 2 N–H and O–H groups in total. The Morgan fingerprint density at radius 1 is 1.62 bits per heavy atom. The summed E-state index contributed by atoms with van der Waals surface area (Å²) < 4.78 is 5.50. The van der Waals surface area contributed by atoms with Gasteiger partial charge in [0.15, 0.2) is 0 Å². The van der Waals surface area contributed by atoms with Crippen molar-refractivity contribution < 1.29 is 9.84 Å². The van der Waals surface area contributed by atoms with Crippen molar-refractivity contribution in [3.63, 3.8) is 0 Å². The van der Waals surface area contributed by atoms with Crippen LogP contribution in [0.15, 0.2) is 0 Å². The van der Waals surface area contributed by atoms with E-state index >= 15 is 0 Å². The minimum atomic E-state index is 0.126. The van der Waals surface area contributed by atoms with E-state index in [0.717, 1.165) is 32.4 Å². The van der Waals surface area contributed by atoms with Gasteiger partial charge in [0, 0.05) is 18.8 Å². The van der Waals surface area contributed by atoms with Crippen LogP contribution in [0.5, 0.6) is 0 Å². The average molecular weight is 187 g/mol. The summed E-state index contributed by atoms with van der Waals surface area (Å²) in [5, 5.41) is 12.5. The molecule has 3 heteroatoms. The lowest BCUT2D eigenvalue weighted by atomic mass is 9.84. The second kappa shape index (κ2) is 4.94. The van der Waals surface area contributed by atoms with Crippen LogP contribution in [0.1, 0.15) is 33.1 Å². The van der Waals surface area contributed by atoms with Crippen molar-refractivity contribution in [2.24, 2.45) is 0 Å². The van der Waals surface area contributed by atoms with Gasteiger partial charge in [0.1, 0.15) is 0 Å². The Morgan fingerprint density at radius 3 is 2.92 bits per heavy atom. The molecule has 3 nitrogen and oxygen atoms in total. The van der Waals surface area contributed by atoms with Gasteiger partial charge in [-0.2, -0.15) is 0 Å². The van der Waals surface area contributed by atoms with Gasteiger partial charge >= 0.3 is 0 Å². The number of aliphatic hydroxyl groups is 1. The summed E-state index contributed by atoms with van der Waals surface area (Å²) in [5.74, 6) is 0. The quantitative estimate of drug-likeness (QED) is 0.687. The number of aliphatic hydroxyl groups excluding tert-OH is 1. The maximum Gasteiger partial charge on any atom is 0.0564 e. The normalized spacial score (nSPS) is 34.8. The summed E-state index contributed by atoms with van der Waals surface area (Å²) in [6.45, 7) is 6.25. The van der Waals surface area contributed by atoms with Crippen molar-refractivity contribution in [1.29, 1.82) is 0 Å². The van der Waals surface area contributed by atoms with E-state index in [4.69, 9.17) is 9.84 Å². The molecule has 0 radical (unpaired) electrons. The molecule has 0 bridgehead atoms. The van der Waals surface area contributed by atoms with Gasteiger partial charge in [-0.15, -0.1) is 0 Å². The molecular formula is C10H21NO2. The molecule has 1 aliphatic heterocycles. The van der Waals surface area contributed by atoms with Crippen LogP contribution >= 0.6 is 0 Å². The minimum absolute atomic E-state index is 0.126. The molecule has 0 aromatic carbocycles. The maximum absolute atomic E-state index is 9.02. The van der Waals surface area contributed by atoms with Crippen LogP contribution in [0, 0.1) is 0 Å². The highest BCUT2D eigenvalue weighted by Gasteiger charge is 2.33. The molecule has 0 aromatic rings. The summed E-state index contributed by atoms with van der Waals surface area (Å²) in [4.78, 5) is 0. The molecule has 0 amide bonds. The molecule has 13 heavy (non-hydrogen) atoms. The summed E-state index contributed by atoms with van der Waals surface area (Å²) in [6.07, 6.45) is 3.20. The average Bonchev–Trinajstić information content (AvgIpc) is 2.04. The number of ether oxygens (including phenoxy) is 1. The fourth-order valence-electron chi connectivity index (χ4n) is 2.23. The topological polar surface area (TPSA) is 41.5 Å². The molecule has 2 atom stereocenters. The Balaban J connectivity index is 2.53. The summed E-state index contributed by atoms with van der Waals surface area (Å²) in [7, 11) is 0. The summed E-state index contributed by atoms with van der Waals surface area (Å²) in [6, 6.07) is 0. The van der Waals surface area contributed by atoms with Crippen LogP contribution in [-0.2, 0) is 4.74 Å². The molecule has 0 spiro atoms. The zero-order valence-electron chi connectivity index (χ0n) is 8.68. The van der Waals surface area contributed by atoms with Gasteiger partial charge in [0.25, 0.3) is 0 Å². The number of nitrogens with one attached hydrogen (secondary N) is 1. The second-order valence-corrected chi connectivity index (χ2v) is 3.92. The molecule has 1 rings (SSSR count). The number of rotatable bonds is 4. The molecule has 1 heterocycles. The molecule has 1 saturated heterocycles. The van der Waals surface area contributed by atoms with Crippen molar-refractivity contribution in [1.82, 2.24) is 5.32 Å². The van der Waals surface area contributed by atoms with Crippen LogP contribution in [0.3, 0.4) is 0 Å². The molecular weight excluding hydrogens is 166 g/mol. The monoisotopic (exact) mass is 187 g/mol. The van der Waals surface area contributed by atoms with Crippen molar-refractivity contribution in [3.05, 3.63) is 0 Å². The highest BCUT2D eigenvalue weighted by atomic mass is 16.5. The first-order valence-corrected chi connectivity index (χ1v) is 5.20. The van der Waals surface area contributed by atoms with Crippen LogP contribution in [0.2, 0.25) is 0 Å². The first kappa shape index (κ1) is 11.0. The minimum Gasteiger partial charge on any atom is -0.396 e. The van der Waals surface area contributed by atoms with E-state index in [1.807, 2.05) is 0 Å². The Kier molecular flexibility index (Phi) is 4.16. The zero-order valence-corrected chi connectivity index (χ0v) is 8.68. The second-order valence-electron chi connectivity index (χ2n) is 3.92. The third-order valence-corrected chi connectivity index (χ3v) is 2.80. The maximum atomic E-state index is 9.02. The van der Waals surface area contributed by atoms with Crippen molar-refractivity contribution in [3.8, 4) is 0 Å². The fraction of sp³-hybridized carbons (Fsp3) is 1.00. The zero-order chi connectivity index (χ0) is 9.73. The summed E-state index contributed by atoms with van der Waals surface area (Å²) in [5.41, 5.74) is 0.126. The highest BCUT2D eigenvalue weighted by molar-refractivity contribution is 4.91. The largest absolute Gasteiger partial charge is 0.396 e. The van der Waals surface area contributed by atoms with Crippen molar-refractivity contribution >= 4 is 0 Å². The molecule has 0 aliphatic carbocycles. The molecule has 78 valence electrons. The number of hydrogen-bond donors (Lipinski definition) is 2. The van der Waals surface area contributed by atoms with E-state index in [1.54, 1.807) is 0 Å². The van der Waals surface area contributed by atoms with E-state index in [1.165, 1.54) is 0 Å². The first-order chi connectivity index (χ1) is 6.22. The van der Waals surface area contributed by atoms with Crippen LogP contribution in [-0.4, -0.2) is 36.5 Å². The molecule has 1 fully saturated rings. The predicted molar refractivity (Wildman–Crippen MR) is 52.8 cm³/mol. The smallest absolute Gasteiger partial charge is 0.0564 e. The standard InChI is InChI=1S/C10H21NO2/c1-3-11-10(4-6-12)5-7-13-9(2)8-10/h9,11-12H,3-8H2,1-2H3. The van der Waals surface area contributed by atoms with E-state index in [9.17, 15) is 0 Å². The Morgan fingerprint density at radius 2 is 2.38 bits per heavy atom. The molecule has 1 aliphatic rings. The highest BCUT2D eigenvalue weighted by Crippen LogP contribution is 2.27. The van der Waals surface area contributed by atoms with Crippen LogP contribution in [0.4, 0.5) is 0 Å². The van der Waals surface area contributed by atoms with Gasteiger partial charge in [0.2, 0.25) is 0 Å². The van der Waals surface area contributed by atoms with E-state index in [-0.39, 0.29) is 12.1 Å².